The van der Waals surface area contributed by atoms with E-state index in [0.29, 0.717) is 6.42 Å². The molecule has 0 bridgehead atoms. The van der Waals surface area contributed by atoms with Crippen molar-refractivity contribution in [3.63, 3.8) is 0 Å². The van der Waals surface area contributed by atoms with Gasteiger partial charge in [0, 0.05) is 31.5 Å². The number of anilines is 1. The first-order chi connectivity index (χ1) is 6.77. The number of aromatic nitrogens is 4. The van der Waals surface area contributed by atoms with E-state index in [0.717, 1.165) is 16.9 Å². The lowest BCUT2D eigenvalue weighted by atomic mass is 10.1. The summed E-state index contributed by atoms with van der Waals surface area (Å²) in [6.07, 6.45) is 5.89. The summed E-state index contributed by atoms with van der Waals surface area (Å²) >= 11 is 0. The van der Waals surface area contributed by atoms with Gasteiger partial charge in [0.2, 0.25) is 0 Å². The van der Waals surface area contributed by atoms with Gasteiger partial charge < -0.3 is 5.73 Å². The number of hydrogen-bond acceptors (Lipinski definition) is 4. The summed E-state index contributed by atoms with van der Waals surface area (Å²) < 4.78 is 1.73. The quantitative estimate of drug-likeness (QED) is 0.741. The van der Waals surface area contributed by atoms with Crippen LogP contribution in [0.15, 0.2) is 24.7 Å². The third-order valence-electron chi connectivity index (χ3n) is 2.12. The van der Waals surface area contributed by atoms with Crippen molar-refractivity contribution in [2.24, 2.45) is 7.05 Å². The Morgan fingerprint density at radius 3 is 2.93 bits per heavy atom. The number of nitrogen functional groups attached to an aromatic ring is 1. The molecule has 0 radical (unpaired) electrons. The van der Waals surface area contributed by atoms with Crippen molar-refractivity contribution >= 4 is 5.69 Å². The predicted octanol–water partition coefficient (Wildman–Crippen LogP) is 0.383. The van der Waals surface area contributed by atoms with Crippen molar-refractivity contribution in [2.45, 2.75) is 6.42 Å². The van der Waals surface area contributed by atoms with E-state index in [1.54, 1.807) is 29.3 Å². The van der Waals surface area contributed by atoms with E-state index >= 15 is 0 Å². The van der Waals surface area contributed by atoms with Crippen molar-refractivity contribution in [1.29, 1.82) is 0 Å². The Bertz CT molecular complexity index is 434. The lowest BCUT2D eigenvalue weighted by molar-refractivity contribution is 0.686. The lowest BCUT2D eigenvalue weighted by Gasteiger charge is -2.03. The highest BCUT2D eigenvalue weighted by Gasteiger charge is 2.04. The van der Waals surface area contributed by atoms with Crippen molar-refractivity contribution in [2.75, 3.05) is 5.73 Å². The highest BCUT2D eigenvalue weighted by atomic mass is 15.4. The van der Waals surface area contributed by atoms with Crippen LogP contribution in [0.25, 0.3) is 0 Å². The van der Waals surface area contributed by atoms with Gasteiger partial charge in [-0.2, -0.15) is 0 Å². The molecular formula is C9H11N5. The molecule has 5 nitrogen and oxygen atoms in total. The van der Waals surface area contributed by atoms with Crippen LogP contribution in [-0.2, 0) is 13.5 Å². The molecular weight excluding hydrogens is 178 g/mol. The highest BCUT2D eigenvalue weighted by Crippen LogP contribution is 2.13. The third kappa shape index (κ3) is 1.56. The minimum atomic E-state index is 0.711. The van der Waals surface area contributed by atoms with Crippen LogP contribution in [0.3, 0.4) is 0 Å². The molecule has 0 aromatic carbocycles. The second-order valence-electron chi connectivity index (χ2n) is 3.10. The van der Waals surface area contributed by atoms with E-state index in [1.165, 1.54) is 0 Å². The zero-order valence-corrected chi connectivity index (χ0v) is 7.88. The van der Waals surface area contributed by atoms with Crippen molar-refractivity contribution < 1.29 is 0 Å². The Kier molecular flexibility index (Phi) is 2.14. The first kappa shape index (κ1) is 8.68. The van der Waals surface area contributed by atoms with Crippen LogP contribution < -0.4 is 5.73 Å². The van der Waals surface area contributed by atoms with E-state index in [9.17, 15) is 0 Å². The normalized spacial score (nSPS) is 10.4. The first-order valence-corrected chi connectivity index (χ1v) is 4.29. The molecule has 0 atom stereocenters. The maximum absolute atomic E-state index is 5.80. The van der Waals surface area contributed by atoms with Gasteiger partial charge in [0.05, 0.1) is 11.9 Å². The van der Waals surface area contributed by atoms with Crippen molar-refractivity contribution in [3.8, 4) is 0 Å². The van der Waals surface area contributed by atoms with Crippen molar-refractivity contribution in [3.05, 3.63) is 35.9 Å². The monoisotopic (exact) mass is 189 g/mol. The van der Waals surface area contributed by atoms with Crippen LogP contribution in [-0.4, -0.2) is 20.0 Å². The van der Waals surface area contributed by atoms with Crippen LogP contribution in [0.1, 0.15) is 11.3 Å². The molecule has 72 valence electrons. The molecule has 0 amide bonds. The fraction of sp³-hybridized carbons (Fsp3) is 0.222. The number of aryl methyl sites for hydroxylation is 1. The summed E-state index contributed by atoms with van der Waals surface area (Å²) in [6, 6.07) is 1.79. The van der Waals surface area contributed by atoms with Crippen LogP contribution in [0.4, 0.5) is 5.69 Å². The summed E-state index contributed by atoms with van der Waals surface area (Å²) in [7, 11) is 1.86. The minimum absolute atomic E-state index is 0.711. The van der Waals surface area contributed by atoms with Gasteiger partial charge in [-0.15, -0.1) is 5.10 Å². The maximum Gasteiger partial charge on any atom is 0.0728 e. The molecule has 2 aromatic heterocycles. The molecule has 0 aliphatic heterocycles. The zero-order chi connectivity index (χ0) is 9.97. The van der Waals surface area contributed by atoms with Crippen molar-refractivity contribution in [1.82, 2.24) is 20.0 Å². The Hall–Kier alpha value is -1.91. The average molecular weight is 189 g/mol. The van der Waals surface area contributed by atoms with Gasteiger partial charge in [-0.3, -0.25) is 9.67 Å². The smallest absolute Gasteiger partial charge is 0.0728 e. The number of nitrogens with two attached hydrogens (primary N) is 1. The molecule has 5 heteroatoms. The molecule has 2 rings (SSSR count). The number of rotatable bonds is 2. The Morgan fingerprint density at radius 2 is 2.29 bits per heavy atom. The Balaban J connectivity index is 2.28. The highest BCUT2D eigenvalue weighted by molar-refractivity contribution is 5.45. The topological polar surface area (TPSA) is 69.6 Å². The predicted molar refractivity (Wildman–Crippen MR) is 52.5 cm³/mol. The third-order valence-corrected chi connectivity index (χ3v) is 2.12. The maximum atomic E-state index is 5.80. The molecule has 2 heterocycles. The van der Waals surface area contributed by atoms with Gasteiger partial charge in [-0.25, -0.2) is 0 Å². The van der Waals surface area contributed by atoms with E-state index < -0.39 is 0 Å². The van der Waals surface area contributed by atoms with Crippen LogP contribution >= 0.6 is 0 Å². The number of nitrogens with zero attached hydrogens (tertiary/aromatic N) is 4. The fourth-order valence-electron chi connectivity index (χ4n) is 1.25. The standard InChI is InChI=1S/C9H11N5/c1-14-8(6-12-13-14)4-7-5-11-3-2-9(7)10/h2-3,5-6H,4H2,1H3,(H2,10,11). The first-order valence-electron chi connectivity index (χ1n) is 4.29. The van der Waals surface area contributed by atoms with Gasteiger partial charge in [0.25, 0.3) is 0 Å². The largest absolute Gasteiger partial charge is 0.398 e. The summed E-state index contributed by atoms with van der Waals surface area (Å²) in [6.45, 7) is 0. The molecule has 0 aliphatic rings. The fourth-order valence-corrected chi connectivity index (χ4v) is 1.25. The number of pyridine rings is 1. The molecule has 0 saturated carbocycles. The second kappa shape index (κ2) is 3.45. The van der Waals surface area contributed by atoms with Gasteiger partial charge in [0.15, 0.2) is 0 Å². The van der Waals surface area contributed by atoms with E-state index in [4.69, 9.17) is 5.73 Å². The van der Waals surface area contributed by atoms with Gasteiger partial charge in [-0.05, 0) is 11.6 Å². The second-order valence-corrected chi connectivity index (χ2v) is 3.10. The summed E-state index contributed by atoms with van der Waals surface area (Å²) in [5, 5.41) is 7.65. The van der Waals surface area contributed by atoms with Gasteiger partial charge in [0.1, 0.15) is 0 Å². The Morgan fingerprint density at radius 1 is 1.43 bits per heavy atom. The molecule has 2 aromatic rings. The summed E-state index contributed by atoms with van der Waals surface area (Å²) in [5.41, 5.74) is 8.56. The van der Waals surface area contributed by atoms with Gasteiger partial charge >= 0.3 is 0 Å². The lowest BCUT2D eigenvalue weighted by Crippen LogP contribution is -2.02. The molecule has 0 saturated heterocycles. The summed E-state index contributed by atoms with van der Waals surface area (Å²) in [5.74, 6) is 0. The average Bonchev–Trinajstić information content (AvgIpc) is 2.56. The molecule has 0 unspecified atom stereocenters. The van der Waals surface area contributed by atoms with E-state index in [-0.39, 0.29) is 0 Å². The summed E-state index contributed by atoms with van der Waals surface area (Å²) in [4.78, 5) is 4.03. The van der Waals surface area contributed by atoms with E-state index in [1.807, 2.05) is 7.05 Å². The van der Waals surface area contributed by atoms with Crippen LogP contribution in [0.2, 0.25) is 0 Å². The van der Waals surface area contributed by atoms with E-state index in [2.05, 4.69) is 15.3 Å². The number of hydrogen-bond donors (Lipinski definition) is 1. The Labute approximate surface area is 81.6 Å². The SMILES string of the molecule is Cn1nncc1Cc1cnccc1N. The van der Waals surface area contributed by atoms with Crippen LogP contribution in [0.5, 0.6) is 0 Å². The zero-order valence-electron chi connectivity index (χ0n) is 7.88. The molecule has 0 aliphatic carbocycles. The molecule has 14 heavy (non-hydrogen) atoms. The van der Waals surface area contributed by atoms with Gasteiger partial charge in [-0.1, -0.05) is 5.21 Å². The molecule has 0 spiro atoms. The molecule has 0 fully saturated rings. The molecule has 2 N–H and O–H groups in total. The van der Waals surface area contributed by atoms with Crippen LogP contribution in [0, 0.1) is 0 Å². The minimum Gasteiger partial charge on any atom is -0.398 e.